The van der Waals surface area contributed by atoms with Gasteiger partial charge in [0, 0.05) is 29.7 Å². The minimum atomic E-state index is 0.0232. The second-order valence-electron chi connectivity index (χ2n) is 4.68. The second kappa shape index (κ2) is 11.8. The molecule has 0 fully saturated rings. The average molecular weight is 405 g/mol. The number of nitrogens with one attached hydrogen (secondary N) is 1. The molecule has 5 heteroatoms. The van der Waals surface area contributed by atoms with E-state index in [0.717, 1.165) is 41.7 Å². The fraction of sp³-hybridized carbons (Fsp3) is 0.562. The average Bonchev–Trinajstić information content (AvgIpc) is 2.50. The molecule has 0 heterocycles. The molecule has 0 spiro atoms. The van der Waals surface area contributed by atoms with Gasteiger partial charge in [-0.2, -0.15) is 0 Å². The topological polar surface area (TPSA) is 47.6 Å². The van der Waals surface area contributed by atoms with Crippen molar-refractivity contribution in [2.45, 2.75) is 32.6 Å². The van der Waals surface area contributed by atoms with E-state index >= 15 is 0 Å². The van der Waals surface area contributed by atoms with Crippen molar-refractivity contribution in [1.29, 1.82) is 0 Å². The van der Waals surface area contributed by atoms with Crippen molar-refractivity contribution in [3.63, 3.8) is 0 Å². The number of hydrogen-bond acceptors (Lipinski definition) is 3. The SMILES string of the molecule is CCCCOCCCC(=O)Nc1ccc(OCCI)cc1. The van der Waals surface area contributed by atoms with Crippen LogP contribution in [0, 0.1) is 0 Å². The van der Waals surface area contributed by atoms with Gasteiger partial charge in [-0.1, -0.05) is 35.9 Å². The Morgan fingerprint density at radius 2 is 1.86 bits per heavy atom. The van der Waals surface area contributed by atoms with Crippen LogP contribution in [-0.2, 0) is 9.53 Å². The van der Waals surface area contributed by atoms with E-state index < -0.39 is 0 Å². The number of unbranched alkanes of at least 4 members (excludes halogenated alkanes) is 1. The molecule has 1 aromatic rings. The summed E-state index contributed by atoms with van der Waals surface area (Å²) >= 11 is 2.27. The molecule has 0 radical (unpaired) electrons. The summed E-state index contributed by atoms with van der Waals surface area (Å²) in [7, 11) is 0. The molecule has 1 aromatic carbocycles. The fourth-order valence-electron chi connectivity index (χ4n) is 1.70. The van der Waals surface area contributed by atoms with E-state index in [2.05, 4.69) is 34.8 Å². The number of hydrogen-bond donors (Lipinski definition) is 1. The molecule has 0 aromatic heterocycles. The van der Waals surface area contributed by atoms with Gasteiger partial charge in [-0.05, 0) is 37.1 Å². The van der Waals surface area contributed by atoms with Crippen molar-refractivity contribution in [2.24, 2.45) is 0 Å². The molecule has 0 saturated heterocycles. The number of anilines is 1. The first-order chi connectivity index (χ1) is 10.3. The molecule has 4 nitrogen and oxygen atoms in total. The monoisotopic (exact) mass is 405 g/mol. The number of rotatable bonds is 11. The molecule has 0 aliphatic heterocycles. The van der Waals surface area contributed by atoms with Gasteiger partial charge in [-0.3, -0.25) is 4.79 Å². The molecule has 0 bridgehead atoms. The highest BCUT2D eigenvalue weighted by molar-refractivity contribution is 14.1. The zero-order valence-corrected chi connectivity index (χ0v) is 14.7. The third-order valence-corrected chi connectivity index (χ3v) is 3.26. The molecule has 1 N–H and O–H groups in total. The number of benzene rings is 1. The Balaban J connectivity index is 2.18. The van der Waals surface area contributed by atoms with Gasteiger partial charge in [0.1, 0.15) is 5.75 Å². The maximum Gasteiger partial charge on any atom is 0.224 e. The highest BCUT2D eigenvalue weighted by atomic mass is 127. The van der Waals surface area contributed by atoms with Crippen LogP contribution in [0.2, 0.25) is 0 Å². The molecule has 21 heavy (non-hydrogen) atoms. The fourth-order valence-corrected chi connectivity index (χ4v) is 1.92. The van der Waals surface area contributed by atoms with Crippen molar-refractivity contribution in [3.05, 3.63) is 24.3 Å². The molecule has 0 aliphatic carbocycles. The summed E-state index contributed by atoms with van der Waals surface area (Å²) in [5.41, 5.74) is 0.800. The Hall–Kier alpha value is -0.820. The first-order valence-electron chi connectivity index (χ1n) is 7.42. The van der Waals surface area contributed by atoms with Crippen molar-refractivity contribution in [2.75, 3.05) is 29.6 Å². The van der Waals surface area contributed by atoms with Gasteiger partial charge in [0.15, 0.2) is 0 Å². The van der Waals surface area contributed by atoms with Crippen molar-refractivity contribution in [1.82, 2.24) is 0 Å². The number of ether oxygens (including phenoxy) is 2. The van der Waals surface area contributed by atoms with E-state index in [4.69, 9.17) is 9.47 Å². The van der Waals surface area contributed by atoms with E-state index in [0.29, 0.717) is 19.6 Å². The Labute approximate surface area is 140 Å². The van der Waals surface area contributed by atoms with Crippen LogP contribution in [0.3, 0.4) is 0 Å². The van der Waals surface area contributed by atoms with Crippen LogP contribution in [0.4, 0.5) is 5.69 Å². The maximum absolute atomic E-state index is 11.8. The van der Waals surface area contributed by atoms with Gasteiger partial charge in [-0.25, -0.2) is 0 Å². The first-order valence-corrected chi connectivity index (χ1v) is 8.95. The summed E-state index contributed by atoms with van der Waals surface area (Å²) in [6.07, 6.45) is 3.46. The van der Waals surface area contributed by atoms with Crippen LogP contribution in [0.25, 0.3) is 0 Å². The first kappa shape index (κ1) is 18.2. The molecule has 0 unspecified atom stereocenters. The highest BCUT2D eigenvalue weighted by Crippen LogP contribution is 2.16. The third kappa shape index (κ3) is 8.93. The van der Waals surface area contributed by atoms with Crippen molar-refractivity contribution >= 4 is 34.2 Å². The number of alkyl halides is 1. The van der Waals surface area contributed by atoms with Gasteiger partial charge in [0.05, 0.1) is 6.61 Å². The molecule has 1 amide bonds. The minimum Gasteiger partial charge on any atom is -0.493 e. The number of amides is 1. The summed E-state index contributed by atoms with van der Waals surface area (Å²) in [4.78, 5) is 11.8. The Morgan fingerprint density at radius 3 is 2.52 bits per heavy atom. The van der Waals surface area contributed by atoms with Crippen LogP contribution >= 0.6 is 22.6 Å². The third-order valence-electron chi connectivity index (χ3n) is 2.82. The summed E-state index contributed by atoms with van der Waals surface area (Å²) in [6, 6.07) is 7.46. The lowest BCUT2D eigenvalue weighted by Crippen LogP contribution is -2.12. The van der Waals surface area contributed by atoms with Crippen LogP contribution in [0.15, 0.2) is 24.3 Å². The van der Waals surface area contributed by atoms with Gasteiger partial charge < -0.3 is 14.8 Å². The van der Waals surface area contributed by atoms with E-state index in [1.165, 1.54) is 0 Å². The predicted molar refractivity (Wildman–Crippen MR) is 94.4 cm³/mol. The molecular formula is C16H24INO3. The smallest absolute Gasteiger partial charge is 0.224 e. The van der Waals surface area contributed by atoms with Crippen LogP contribution in [-0.4, -0.2) is 30.2 Å². The van der Waals surface area contributed by atoms with E-state index in [-0.39, 0.29) is 5.91 Å². The maximum atomic E-state index is 11.8. The second-order valence-corrected chi connectivity index (χ2v) is 5.76. The Kier molecular flexibility index (Phi) is 10.2. The standard InChI is InChI=1S/C16H24INO3/c1-2-3-11-20-12-4-5-16(19)18-14-6-8-15(9-7-14)21-13-10-17/h6-9H,2-5,10-13H2,1H3,(H,18,19). The van der Waals surface area contributed by atoms with Crippen LogP contribution in [0.5, 0.6) is 5.75 Å². The lowest BCUT2D eigenvalue weighted by Gasteiger charge is -2.08. The Morgan fingerprint density at radius 1 is 1.14 bits per heavy atom. The van der Waals surface area contributed by atoms with Crippen LogP contribution < -0.4 is 10.1 Å². The Bertz CT molecular complexity index is 395. The van der Waals surface area contributed by atoms with Crippen molar-refractivity contribution < 1.29 is 14.3 Å². The number of carbonyl (C=O) groups excluding carboxylic acids is 1. The quantitative estimate of drug-likeness (QED) is 0.344. The molecule has 0 saturated carbocycles. The van der Waals surface area contributed by atoms with Gasteiger partial charge in [0.25, 0.3) is 0 Å². The number of halogens is 1. The molecular weight excluding hydrogens is 381 g/mol. The van der Waals surface area contributed by atoms with E-state index in [1.54, 1.807) is 0 Å². The van der Waals surface area contributed by atoms with Crippen LogP contribution in [0.1, 0.15) is 32.6 Å². The largest absolute Gasteiger partial charge is 0.493 e. The molecule has 0 aliphatic rings. The summed E-state index contributed by atoms with van der Waals surface area (Å²) in [5.74, 6) is 0.851. The van der Waals surface area contributed by atoms with E-state index in [9.17, 15) is 4.79 Å². The zero-order valence-electron chi connectivity index (χ0n) is 12.6. The van der Waals surface area contributed by atoms with Gasteiger partial charge >= 0.3 is 0 Å². The normalized spacial score (nSPS) is 10.4. The van der Waals surface area contributed by atoms with Gasteiger partial charge in [0.2, 0.25) is 5.91 Å². The molecule has 1 rings (SSSR count). The highest BCUT2D eigenvalue weighted by Gasteiger charge is 2.02. The lowest BCUT2D eigenvalue weighted by molar-refractivity contribution is -0.116. The summed E-state index contributed by atoms with van der Waals surface area (Å²) < 4.78 is 11.9. The van der Waals surface area contributed by atoms with Gasteiger partial charge in [-0.15, -0.1) is 0 Å². The summed E-state index contributed by atoms with van der Waals surface area (Å²) in [6.45, 7) is 4.27. The zero-order chi connectivity index (χ0) is 15.3. The lowest BCUT2D eigenvalue weighted by atomic mass is 10.2. The van der Waals surface area contributed by atoms with Crippen molar-refractivity contribution in [3.8, 4) is 5.75 Å². The minimum absolute atomic E-state index is 0.0232. The summed E-state index contributed by atoms with van der Waals surface area (Å²) in [5, 5.41) is 2.88. The molecule has 0 atom stereocenters. The number of carbonyl (C=O) groups is 1. The predicted octanol–water partition coefficient (Wildman–Crippen LogP) is 4.04. The molecule has 118 valence electrons. The van der Waals surface area contributed by atoms with E-state index in [1.807, 2.05) is 24.3 Å².